The lowest BCUT2D eigenvalue weighted by Crippen LogP contribution is -2.24. The molecule has 2 N–H and O–H groups in total. The van der Waals surface area contributed by atoms with Crippen LogP contribution in [0.15, 0.2) is 18.2 Å². The molecule has 0 saturated heterocycles. The molecule has 0 spiro atoms. The molecule has 0 bridgehead atoms. The largest absolute Gasteiger partial charge is 0.464 e. The molecule has 2 aromatic heterocycles. The van der Waals surface area contributed by atoms with Gasteiger partial charge in [0.05, 0.1) is 35.5 Å². The lowest BCUT2D eigenvalue weighted by Gasteiger charge is -2.14. The number of Topliss-reactive ketones (excluding diaryl/α,β-unsaturated/α-hetero) is 1. The van der Waals surface area contributed by atoms with Crippen molar-refractivity contribution in [2.45, 2.75) is 0 Å². The van der Waals surface area contributed by atoms with Crippen molar-refractivity contribution in [2.24, 2.45) is 0 Å². The number of aromatic nitrogens is 4. The van der Waals surface area contributed by atoms with Crippen molar-refractivity contribution in [3.05, 3.63) is 39.5 Å². The van der Waals surface area contributed by atoms with Crippen LogP contribution in [0.5, 0.6) is 0 Å². The Hall–Kier alpha value is -3.24. The van der Waals surface area contributed by atoms with Crippen LogP contribution in [0.2, 0.25) is 10.0 Å². The highest BCUT2D eigenvalue weighted by molar-refractivity contribution is 6.43. The third-order valence-corrected chi connectivity index (χ3v) is 4.49. The molecule has 2 heterocycles. The van der Waals surface area contributed by atoms with E-state index in [4.69, 9.17) is 28.9 Å². The van der Waals surface area contributed by atoms with Gasteiger partial charge in [0.15, 0.2) is 5.69 Å². The summed E-state index contributed by atoms with van der Waals surface area (Å²) in [7, 11) is 2.12. The summed E-state index contributed by atoms with van der Waals surface area (Å²) < 4.78 is 10.4. The lowest BCUT2D eigenvalue weighted by molar-refractivity contribution is -0.135. The van der Waals surface area contributed by atoms with Crippen LogP contribution in [0.1, 0.15) is 20.8 Å². The molecule has 28 heavy (non-hydrogen) atoms. The first kappa shape index (κ1) is 19.5. The minimum atomic E-state index is -1.22. The summed E-state index contributed by atoms with van der Waals surface area (Å²) in [5, 5.41) is 7.88. The number of ether oxygens (including phenoxy) is 2. The second-order valence-corrected chi connectivity index (χ2v) is 6.13. The molecule has 0 aliphatic carbocycles. The number of rotatable bonds is 4. The van der Waals surface area contributed by atoms with Gasteiger partial charge in [-0.05, 0) is 12.1 Å². The zero-order valence-corrected chi connectivity index (χ0v) is 15.9. The van der Waals surface area contributed by atoms with Gasteiger partial charge < -0.3 is 15.2 Å². The monoisotopic (exact) mass is 423 g/mol. The molecular weight excluding hydrogens is 413 g/mol. The normalized spacial score (nSPS) is 10.7. The van der Waals surface area contributed by atoms with E-state index in [9.17, 15) is 14.4 Å². The van der Waals surface area contributed by atoms with Crippen LogP contribution in [0.3, 0.4) is 0 Å². The van der Waals surface area contributed by atoms with Crippen molar-refractivity contribution >= 4 is 52.6 Å². The number of ketones is 1. The number of carbonyl (C=O) groups is 3. The maximum Gasteiger partial charge on any atom is 0.379 e. The molecule has 0 amide bonds. The van der Waals surface area contributed by atoms with E-state index in [1.165, 1.54) is 22.6 Å². The zero-order valence-electron chi connectivity index (χ0n) is 14.4. The first-order valence-electron chi connectivity index (χ1n) is 7.51. The molecule has 10 nitrogen and oxygen atoms in total. The summed E-state index contributed by atoms with van der Waals surface area (Å²) >= 11 is 12.1. The molecule has 0 radical (unpaired) electrons. The van der Waals surface area contributed by atoms with Crippen LogP contribution in [0, 0.1) is 0 Å². The fourth-order valence-electron chi connectivity index (χ4n) is 2.53. The number of nitrogen functional groups attached to an aromatic ring is 1. The Morgan fingerprint density at radius 2 is 1.79 bits per heavy atom. The van der Waals surface area contributed by atoms with Gasteiger partial charge >= 0.3 is 11.9 Å². The summed E-state index contributed by atoms with van der Waals surface area (Å²) in [5.41, 5.74) is 5.30. The molecule has 12 heteroatoms. The minimum Gasteiger partial charge on any atom is -0.464 e. The third-order valence-electron chi connectivity index (χ3n) is 3.75. The van der Waals surface area contributed by atoms with Gasteiger partial charge in [0, 0.05) is 5.56 Å². The fraction of sp³-hybridized carbons (Fsp3) is 0.125. The van der Waals surface area contributed by atoms with E-state index in [0.29, 0.717) is 5.56 Å². The van der Waals surface area contributed by atoms with Gasteiger partial charge in [-0.3, -0.25) is 4.79 Å². The van der Waals surface area contributed by atoms with E-state index in [1.807, 2.05) is 0 Å². The molecule has 0 atom stereocenters. The molecule has 0 fully saturated rings. The first-order chi connectivity index (χ1) is 13.3. The molecule has 0 aliphatic heterocycles. The molecular formula is C16H11Cl2N5O5. The molecule has 0 saturated carbocycles. The average Bonchev–Trinajstić information content (AvgIpc) is 3.07. The number of fused-ring (bicyclic) bond motifs is 1. The highest BCUT2D eigenvalue weighted by Crippen LogP contribution is 2.33. The number of hydrogen-bond donors (Lipinski definition) is 1. The SMILES string of the molecule is COC(=O)C(=O)c1c(C(=O)OC)nc2nnc(N)n2c1-c1ccc(Cl)c(Cl)c1. The Kier molecular flexibility index (Phi) is 5.16. The summed E-state index contributed by atoms with van der Waals surface area (Å²) in [4.78, 5) is 41.0. The molecule has 144 valence electrons. The second-order valence-electron chi connectivity index (χ2n) is 5.32. The quantitative estimate of drug-likeness (QED) is 0.377. The van der Waals surface area contributed by atoms with Crippen LogP contribution in [0.25, 0.3) is 17.0 Å². The van der Waals surface area contributed by atoms with Gasteiger partial charge in [-0.2, -0.15) is 0 Å². The van der Waals surface area contributed by atoms with E-state index < -0.39 is 29.0 Å². The van der Waals surface area contributed by atoms with Gasteiger partial charge in [0.1, 0.15) is 0 Å². The summed E-state index contributed by atoms with van der Waals surface area (Å²) in [6.45, 7) is 0. The lowest BCUT2D eigenvalue weighted by atomic mass is 10.00. The van der Waals surface area contributed by atoms with E-state index in [2.05, 4.69) is 24.7 Å². The van der Waals surface area contributed by atoms with E-state index in [-0.39, 0.29) is 27.5 Å². The second kappa shape index (κ2) is 7.41. The fourth-order valence-corrected chi connectivity index (χ4v) is 2.82. The Balaban J connectivity index is 2.51. The maximum atomic E-state index is 12.8. The van der Waals surface area contributed by atoms with Gasteiger partial charge in [0.25, 0.3) is 11.6 Å². The van der Waals surface area contributed by atoms with Crippen LogP contribution < -0.4 is 5.73 Å². The predicted molar refractivity (Wildman–Crippen MR) is 98.3 cm³/mol. The van der Waals surface area contributed by atoms with Crippen molar-refractivity contribution in [2.75, 3.05) is 20.0 Å². The predicted octanol–water partition coefficient (Wildman–Crippen LogP) is 1.82. The minimum absolute atomic E-state index is 0.00173. The third kappa shape index (κ3) is 3.12. The standard InChI is InChI=1S/C16H11Cl2N5O5/c1-27-13(25)10-9(12(24)14(26)28-2)11(6-3-4-7(17)8(18)5-6)23-15(19)21-22-16(23)20-10/h3-5H,1-2H3,(H2,19,21). The van der Waals surface area contributed by atoms with Gasteiger partial charge in [-0.25, -0.2) is 19.0 Å². The van der Waals surface area contributed by atoms with Gasteiger partial charge in [-0.15, -0.1) is 10.2 Å². The van der Waals surface area contributed by atoms with Crippen LogP contribution >= 0.6 is 23.2 Å². The first-order valence-corrected chi connectivity index (χ1v) is 8.26. The van der Waals surface area contributed by atoms with E-state index in [0.717, 1.165) is 14.2 Å². The smallest absolute Gasteiger partial charge is 0.379 e. The van der Waals surface area contributed by atoms with Gasteiger partial charge in [-0.1, -0.05) is 29.3 Å². The topological polar surface area (TPSA) is 139 Å². The van der Waals surface area contributed by atoms with Crippen LogP contribution in [0.4, 0.5) is 5.95 Å². The van der Waals surface area contributed by atoms with E-state index >= 15 is 0 Å². The van der Waals surface area contributed by atoms with Gasteiger partial charge in [0.2, 0.25) is 5.95 Å². The van der Waals surface area contributed by atoms with Crippen molar-refractivity contribution < 1.29 is 23.9 Å². The number of nitrogens with zero attached hydrogens (tertiary/aromatic N) is 4. The highest BCUT2D eigenvalue weighted by Gasteiger charge is 2.32. The van der Waals surface area contributed by atoms with Crippen molar-refractivity contribution in [1.29, 1.82) is 0 Å². The number of nitrogens with two attached hydrogens (primary N) is 1. The van der Waals surface area contributed by atoms with Crippen LogP contribution in [-0.2, 0) is 14.3 Å². The van der Waals surface area contributed by atoms with Crippen molar-refractivity contribution in [3.63, 3.8) is 0 Å². The number of halogens is 2. The highest BCUT2D eigenvalue weighted by atomic mass is 35.5. The number of anilines is 1. The molecule has 0 unspecified atom stereocenters. The summed E-state index contributed by atoms with van der Waals surface area (Å²) in [6, 6.07) is 4.40. The van der Waals surface area contributed by atoms with Crippen LogP contribution in [-0.4, -0.2) is 51.5 Å². The number of benzene rings is 1. The Morgan fingerprint density at radius 3 is 2.39 bits per heavy atom. The summed E-state index contributed by atoms with van der Waals surface area (Å²) in [6.07, 6.45) is 0. The average molecular weight is 424 g/mol. The zero-order chi connectivity index (χ0) is 20.6. The molecule has 3 aromatic rings. The Labute approximate surface area is 167 Å². The number of carbonyl (C=O) groups excluding carboxylic acids is 3. The molecule has 1 aromatic carbocycles. The Morgan fingerprint density at radius 1 is 1.07 bits per heavy atom. The Bertz CT molecular complexity index is 1140. The number of methoxy groups -OCH3 is 2. The van der Waals surface area contributed by atoms with Crippen molar-refractivity contribution in [3.8, 4) is 11.3 Å². The summed E-state index contributed by atoms with van der Waals surface area (Å²) in [5.74, 6) is -3.58. The number of hydrogen-bond acceptors (Lipinski definition) is 9. The molecule has 3 rings (SSSR count). The van der Waals surface area contributed by atoms with Crippen molar-refractivity contribution in [1.82, 2.24) is 19.6 Å². The maximum absolute atomic E-state index is 12.8. The molecule has 0 aliphatic rings. The van der Waals surface area contributed by atoms with E-state index in [1.54, 1.807) is 0 Å². The number of esters is 2.